The van der Waals surface area contributed by atoms with Crippen LogP contribution in [0.25, 0.3) is 0 Å². The van der Waals surface area contributed by atoms with Crippen LogP contribution in [0.2, 0.25) is 0 Å². The van der Waals surface area contributed by atoms with Crippen LogP contribution in [0.5, 0.6) is 0 Å². The summed E-state index contributed by atoms with van der Waals surface area (Å²) in [5, 5.41) is 0. The lowest BCUT2D eigenvalue weighted by Crippen LogP contribution is -2.66. The minimum absolute atomic E-state index is 0.0813. The number of rotatable bonds is 1. The second-order valence-corrected chi connectivity index (χ2v) is 4.38. The molecule has 16 heavy (non-hydrogen) atoms. The smallest absolute Gasteiger partial charge is 0.247 e. The Morgan fingerprint density at radius 3 is 2.69 bits per heavy atom. The third kappa shape index (κ3) is 2.11. The van der Waals surface area contributed by atoms with Gasteiger partial charge in [-0.1, -0.05) is 0 Å². The molecule has 3 N–H and O–H groups in total. The molecule has 92 valence electrons. The van der Waals surface area contributed by atoms with E-state index in [1.165, 1.54) is 0 Å². The van der Waals surface area contributed by atoms with Gasteiger partial charge in [0.2, 0.25) is 11.9 Å². The molecule has 0 aromatic carbocycles. The summed E-state index contributed by atoms with van der Waals surface area (Å²) in [5.74, 6) is 6.10. The maximum absolute atomic E-state index is 12.0. The number of hydrogen-bond donors (Lipinski definition) is 2. The molecule has 0 unspecified atom stereocenters. The summed E-state index contributed by atoms with van der Waals surface area (Å²) < 4.78 is 0. The van der Waals surface area contributed by atoms with Gasteiger partial charge in [0.15, 0.2) is 0 Å². The Morgan fingerprint density at radius 2 is 2.19 bits per heavy atom. The van der Waals surface area contributed by atoms with Crippen molar-refractivity contribution in [2.75, 3.05) is 26.7 Å². The van der Waals surface area contributed by atoms with Gasteiger partial charge in [-0.25, -0.2) is 5.84 Å². The maximum atomic E-state index is 12.0. The number of guanidine groups is 1. The van der Waals surface area contributed by atoms with E-state index in [2.05, 4.69) is 10.4 Å². The summed E-state index contributed by atoms with van der Waals surface area (Å²) in [6, 6.07) is 0. The fraction of sp³-hybridized carbons (Fsp3) is 0.800. The van der Waals surface area contributed by atoms with Crippen LogP contribution in [0.3, 0.4) is 0 Å². The van der Waals surface area contributed by atoms with Crippen LogP contribution in [0.15, 0.2) is 4.99 Å². The highest BCUT2D eigenvalue weighted by Gasteiger charge is 2.41. The highest BCUT2D eigenvalue weighted by atomic mass is 16.2. The molecule has 1 aliphatic heterocycles. The zero-order valence-corrected chi connectivity index (χ0v) is 10.4. The summed E-state index contributed by atoms with van der Waals surface area (Å²) in [7, 11) is 1.81. The fourth-order valence-electron chi connectivity index (χ4n) is 1.94. The molecule has 0 aromatic heterocycles. The number of carbonyl (C=O) groups excluding carboxylic acids is 1. The average Bonchev–Trinajstić information content (AvgIpc) is 2.24. The number of amides is 1. The van der Waals surface area contributed by atoms with Gasteiger partial charge in [0.05, 0.1) is 0 Å². The number of piperazine rings is 1. The van der Waals surface area contributed by atoms with Crippen molar-refractivity contribution >= 4 is 11.9 Å². The van der Waals surface area contributed by atoms with Crippen LogP contribution < -0.4 is 11.3 Å². The zero-order valence-electron chi connectivity index (χ0n) is 10.4. The topological polar surface area (TPSA) is 74.0 Å². The van der Waals surface area contributed by atoms with Gasteiger partial charge in [0, 0.05) is 26.7 Å². The van der Waals surface area contributed by atoms with Crippen molar-refractivity contribution in [3.63, 3.8) is 0 Å². The zero-order chi connectivity index (χ0) is 12.3. The van der Waals surface area contributed by atoms with E-state index < -0.39 is 5.54 Å². The molecule has 6 nitrogen and oxygen atoms in total. The Morgan fingerprint density at radius 1 is 1.56 bits per heavy atom. The number of nitrogens with zero attached hydrogens (tertiary/aromatic N) is 3. The SMILES string of the molecule is CCN=C(NN)N1CCN(C)C(=O)C1(C)C. The Bertz CT molecular complexity index is 300. The first-order chi connectivity index (χ1) is 7.45. The van der Waals surface area contributed by atoms with Crippen molar-refractivity contribution in [2.24, 2.45) is 10.8 Å². The van der Waals surface area contributed by atoms with E-state index in [-0.39, 0.29) is 5.91 Å². The van der Waals surface area contributed by atoms with Crippen molar-refractivity contribution in [3.05, 3.63) is 0 Å². The number of nitrogens with two attached hydrogens (primary N) is 1. The van der Waals surface area contributed by atoms with Crippen LogP contribution in [-0.2, 0) is 4.79 Å². The minimum Gasteiger partial charge on any atom is -0.342 e. The highest BCUT2D eigenvalue weighted by Crippen LogP contribution is 2.21. The molecule has 1 heterocycles. The lowest BCUT2D eigenvalue weighted by molar-refractivity contribution is -0.143. The Labute approximate surface area is 96.5 Å². The second kappa shape index (κ2) is 4.69. The van der Waals surface area contributed by atoms with E-state index in [1.54, 1.807) is 4.90 Å². The molecule has 0 aliphatic carbocycles. The molecule has 1 amide bonds. The molecule has 0 radical (unpaired) electrons. The van der Waals surface area contributed by atoms with Gasteiger partial charge in [-0.3, -0.25) is 15.2 Å². The molecule has 6 heteroatoms. The van der Waals surface area contributed by atoms with Crippen LogP contribution in [-0.4, -0.2) is 53.9 Å². The van der Waals surface area contributed by atoms with E-state index >= 15 is 0 Å². The third-order valence-electron chi connectivity index (χ3n) is 2.90. The van der Waals surface area contributed by atoms with E-state index in [4.69, 9.17) is 5.84 Å². The second-order valence-electron chi connectivity index (χ2n) is 4.38. The summed E-state index contributed by atoms with van der Waals surface area (Å²) >= 11 is 0. The van der Waals surface area contributed by atoms with Gasteiger partial charge in [0.25, 0.3) is 0 Å². The predicted molar refractivity (Wildman–Crippen MR) is 63.7 cm³/mol. The molecule has 0 bridgehead atoms. The summed E-state index contributed by atoms with van der Waals surface area (Å²) in [6.07, 6.45) is 0. The number of likely N-dealkylation sites (N-methyl/N-ethyl adjacent to an activating group) is 1. The lowest BCUT2D eigenvalue weighted by atomic mass is 9.98. The molecule has 1 fully saturated rings. The molecule has 0 saturated carbocycles. The molecular weight excluding hydrogens is 206 g/mol. The van der Waals surface area contributed by atoms with Gasteiger partial charge < -0.3 is 9.80 Å². The van der Waals surface area contributed by atoms with E-state index in [1.807, 2.05) is 32.7 Å². The summed E-state index contributed by atoms with van der Waals surface area (Å²) in [5.41, 5.74) is 1.97. The van der Waals surface area contributed by atoms with Crippen molar-refractivity contribution in [2.45, 2.75) is 26.3 Å². The summed E-state index contributed by atoms with van der Waals surface area (Å²) in [4.78, 5) is 19.9. The van der Waals surface area contributed by atoms with Crippen LogP contribution >= 0.6 is 0 Å². The lowest BCUT2D eigenvalue weighted by Gasteiger charge is -2.45. The molecule has 0 atom stereocenters. The standard InChI is InChI=1S/C10H21N5O/c1-5-12-9(13-11)15-7-6-14(4)8(16)10(15,2)3/h5-7,11H2,1-4H3,(H,12,13). The van der Waals surface area contributed by atoms with Crippen molar-refractivity contribution in [3.8, 4) is 0 Å². The normalized spacial score (nSPS) is 21.3. The van der Waals surface area contributed by atoms with Crippen LogP contribution in [0.1, 0.15) is 20.8 Å². The molecule has 1 saturated heterocycles. The Hall–Kier alpha value is -1.30. The molecule has 1 rings (SSSR count). The monoisotopic (exact) mass is 227 g/mol. The summed E-state index contributed by atoms with van der Waals surface area (Å²) in [6.45, 7) is 7.75. The van der Waals surface area contributed by atoms with E-state index in [0.717, 1.165) is 6.54 Å². The first-order valence-electron chi connectivity index (χ1n) is 5.49. The molecule has 1 aliphatic rings. The van der Waals surface area contributed by atoms with Crippen molar-refractivity contribution in [1.29, 1.82) is 0 Å². The first-order valence-corrected chi connectivity index (χ1v) is 5.49. The molecule has 0 spiro atoms. The van der Waals surface area contributed by atoms with Crippen molar-refractivity contribution in [1.82, 2.24) is 15.2 Å². The average molecular weight is 227 g/mol. The Balaban J connectivity index is 2.97. The van der Waals surface area contributed by atoms with Gasteiger partial charge in [0.1, 0.15) is 5.54 Å². The van der Waals surface area contributed by atoms with E-state index in [0.29, 0.717) is 19.0 Å². The van der Waals surface area contributed by atoms with Gasteiger partial charge >= 0.3 is 0 Å². The number of hydrogen-bond acceptors (Lipinski definition) is 3. The predicted octanol–water partition coefficient (Wildman–Crippen LogP) is -0.622. The number of carbonyl (C=O) groups is 1. The third-order valence-corrected chi connectivity index (χ3v) is 2.90. The largest absolute Gasteiger partial charge is 0.342 e. The number of nitrogens with one attached hydrogen (secondary N) is 1. The van der Waals surface area contributed by atoms with Gasteiger partial charge in [-0.15, -0.1) is 0 Å². The minimum atomic E-state index is -0.604. The van der Waals surface area contributed by atoms with Crippen molar-refractivity contribution < 1.29 is 4.79 Å². The van der Waals surface area contributed by atoms with Crippen LogP contribution in [0.4, 0.5) is 0 Å². The van der Waals surface area contributed by atoms with Gasteiger partial charge in [-0.2, -0.15) is 0 Å². The highest BCUT2D eigenvalue weighted by molar-refractivity contribution is 5.92. The molecular formula is C10H21N5O. The quantitative estimate of drug-likeness (QED) is 0.271. The maximum Gasteiger partial charge on any atom is 0.247 e. The van der Waals surface area contributed by atoms with Crippen LogP contribution in [0, 0.1) is 0 Å². The number of aliphatic imine (C=N–C) groups is 1. The Kier molecular flexibility index (Phi) is 3.74. The van der Waals surface area contributed by atoms with Gasteiger partial charge in [-0.05, 0) is 20.8 Å². The first kappa shape index (κ1) is 12.8. The van der Waals surface area contributed by atoms with E-state index in [9.17, 15) is 4.79 Å². The fourth-order valence-corrected chi connectivity index (χ4v) is 1.94. The number of hydrazine groups is 1. The molecule has 0 aromatic rings.